The molecule has 2 N–H and O–H groups in total. The van der Waals surface area contributed by atoms with Gasteiger partial charge in [-0.25, -0.2) is 4.79 Å². The first-order valence-electron chi connectivity index (χ1n) is 15.1. The van der Waals surface area contributed by atoms with Crippen LogP contribution in [0.3, 0.4) is 0 Å². The second-order valence-corrected chi connectivity index (χ2v) is 12.4. The van der Waals surface area contributed by atoms with Crippen molar-refractivity contribution in [2.75, 3.05) is 19.6 Å². The fourth-order valence-electron chi connectivity index (χ4n) is 5.87. The summed E-state index contributed by atoms with van der Waals surface area (Å²) < 4.78 is 33.6. The smallest absolute Gasteiger partial charge is 0.475 e. The van der Waals surface area contributed by atoms with Gasteiger partial charge in [-0.15, -0.1) is 0 Å². The monoisotopic (exact) mass is 603 g/mol. The fraction of sp³-hybridized carbons (Fsp3) is 0.613. The summed E-state index contributed by atoms with van der Waals surface area (Å²) in [6, 6.07) is 10.3. The number of amides is 2. The molecule has 1 aromatic heterocycles. The molecule has 3 atom stereocenters. The molecule has 1 saturated heterocycles. The van der Waals surface area contributed by atoms with E-state index < -0.39 is 12.1 Å². The Kier molecular flexibility index (Phi) is 8.87. The van der Waals surface area contributed by atoms with Crippen molar-refractivity contribution in [3.8, 4) is 0 Å². The summed E-state index contributed by atoms with van der Waals surface area (Å²) in [5.41, 5.74) is 4.14. The van der Waals surface area contributed by atoms with Crippen LogP contribution in [0.25, 0.3) is 0 Å². The second kappa shape index (κ2) is 12.3. The van der Waals surface area contributed by atoms with E-state index in [1.165, 1.54) is 49.8 Å². The van der Waals surface area contributed by atoms with Crippen molar-refractivity contribution in [2.24, 2.45) is 13.0 Å². The molecule has 9 nitrogen and oxygen atoms in total. The number of piperazine rings is 1. The minimum atomic E-state index is -5.08. The van der Waals surface area contributed by atoms with Crippen LogP contribution >= 0.6 is 0 Å². The van der Waals surface area contributed by atoms with Gasteiger partial charge in [0.05, 0.1) is 0 Å². The molecule has 0 radical (unpaired) electrons. The molecule has 3 aliphatic carbocycles. The van der Waals surface area contributed by atoms with Crippen LogP contribution in [-0.4, -0.2) is 80.4 Å². The summed E-state index contributed by atoms with van der Waals surface area (Å²) in [7, 11) is 1.94. The number of benzene rings is 1. The standard InChI is InChI=1S/C29H39N5O2.C2HF3O2/c1-18-19(2)34(29(36)25-16-26(22-11-12-22)32(3)31-25)14-13-33(18)27(28(35)30-17-20-7-8-20)24-6-4-5-23(15-24)21-9-10-21;3-2(4,5)1(6)7/h4-6,15-16,18-22,27H,7-14,17H2,1-3H3,(H,30,35);(H,6,7). The van der Waals surface area contributed by atoms with Gasteiger partial charge >= 0.3 is 12.1 Å². The van der Waals surface area contributed by atoms with E-state index in [1.807, 2.05) is 22.7 Å². The van der Waals surface area contributed by atoms with E-state index in [9.17, 15) is 22.8 Å². The van der Waals surface area contributed by atoms with Crippen LogP contribution in [0.4, 0.5) is 13.2 Å². The number of hydrogen-bond donors (Lipinski definition) is 2. The molecule has 4 aliphatic rings. The second-order valence-electron chi connectivity index (χ2n) is 12.4. The lowest BCUT2D eigenvalue weighted by Gasteiger charge is -2.47. The third-order valence-corrected chi connectivity index (χ3v) is 9.06. The van der Waals surface area contributed by atoms with Gasteiger partial charge in [-0.1, -0.05) is 24.3 Å². The Bertz CT molecular complexity index is 1350. The average molecular weight is 604 g/mol. The number of aryl methyl sites for hydroxylation is 1. The Morgan fingerprint density at radius 3 is 2.23 bits per heavy atom. The van der Waals surface area contributed by atoms with Crippen LogP contribution in [0.1, 0.15) is 97.6 Å². The zero-order valence-corrected chi connectivity index (χ0v) is 24.8. The van der Waals surface area contributed by atoms with Crippen molar-refractivity contribution in [1.82, 2.24) is 24.9 Å². The van der Waals surface area contributed by atoms with Gasteiger partial charge in [-0.05, 0) is 81.4 Å². The number of carbonyl (C=O) groups excluding carboxylic acids is 2. The maximum atomic E-state index is 13.6. The Hall–Kier alpha value is -3.41. The molecule has 3 unspecified atom stereocenters. The van der Waals surface area contributed by atoms with Gasteiger partial charge in [0, 0.05) is 50.4 Å². The van der Waals surface area contributed by atoms with E-state index >= 15 is 0 Å². The lowest BCUT2D eigenvalue weighted by atomic mass is 9.95. The predicted octanol–water partition coefficient (Wildman–Crippen LogP) is 4.61. The molecule has 1 aliphatic heterocycles. The molecule has 2 heterocycles. The molecular weight excluding hydrogens is 563 g/mol. The highest BCUT2D eigenvalue weighted by atomic mass is 19.4. The maximum Gasteiger partial charge on any atom is 0.490 e. The molecule has 4 fully saturated rings. The number of nitrogens with one attached hydrogen (secondary N) is 1. The topological polar surface area (TPSA) is 108 Å². The lowest BCUT2D eigenvalue weighted by molar-refractivity contribution is -0.192. The lowest BCUT2D eigenvalue weighted by Crippen LogP contribution is -2.61. The van der Waals surface area contributed by atoms with E-state index in [0.29, 0.717) is 36.5 Å². The molecule has 0 spiro atoms. The van der Waals surface area contributed by atoms with E-state index in [4.69, 9.17) is 9.90 Å². The van der Waals surface area contributed by atoms with Crippen LogP contribution in [0, 0.1) is 5.92 Å². The Labute approximate surface area is 249 Å². The molecule has 0 bridgehead atoms. The Balaban J connectivity index is 0.000000472. The highest BCUT2D eigenvalue weighted by Crippen LogP contribution is 2.42. The van der Waals surface area contributed by atoms with E-state index in [-0.39, 0.29) is 29.9 Å². The van der Waals surface area contributed by atoms with Crippen LogP contribution in [0.5, 0.6) is 0 Å². The van der Waals surface area contributed by atoms with Gasteiger partial charge < -0.3 is 15.3 Å². The van der Waals surface area contributed by atoms with E-state index in [1.54, 1.807) is 0 Å². The van der Waals surface area contributed by atoms with Crippen molar-refractivity contribution < 1.29 is 32.7 Å². The van der Waals surface area contributed by atoms with Gasteiger partial charge in [-0.3, -0.25) is 19.2 Å². The Morgan fingerprint density at radius 1 is 1.00 bits per heavy atom. The summed E-state index contributed by atoms with van der Waals surface area (Å²) in [6.45, 7) is 6.29. The summed E-state index contributed by atoms with van der Waals surface area (Å²) in [4.78, 5) is 40.3. The number of carboxylic acids is 1. The summed E-state index contributed by atoms with van der Waals surface area (Å²) in [5.74, 6) is -0.831. The number of carbonyl (C=O) groups is 3. The Morgan fingerprint density at radius 2 is 1.65 bits per heavy atom. The zero-order valence-electron chi connectivity index (χ0n) is 24.8. The summed E-state index contributed by atoms with van der Waals surface area (Å²) in [5, 5.41) is 14.9. The SMILES string of the molecule is CC1C(C)N(C(C(=O)NCC2CC2)c2cccc(C3CC3)c2)CCN1C(=O)c1cc(C2CC2)n(C)n1.O=C(O)C(F)(F)F. The van der Waals surface area contributed by atoms with Crippen molar-refractivity contribution in [3.63, 3.8) is 0 Å². The van der Waals surface area contributed by atoms with Gasteiger partial charge in [-0.2, -0.15) is 18.3 Å². The van der Waals surface area contributed by atoms with Crippen molar-refractivity contribution >= 4 is 17.8 Å². The first kappa shape index (κ1) is 31.0. The van der Waals surface area contributed by atoms with E-state index in [0.717, 1.165) is 12.1 Å². The number of halogens is 3. The van der Waals surface area contributed by atoms with Gasteiger partial charge in [0.2, 0.25) is 5.91 Å². The number of carboxylic acid groups (broad SMARTS) is 1. The number of rotatable bonds is 8. The average Bonchev–Trinajstić information content (AvgIpc) is 3.82. The minimum Gasteiger partial charge on any atom is -0.475 e. The normalized spacial score (nSPS) is 23.3. The molecule has 2 aromatic rings. The molecule has 1 aromatic carbocycles. The molecule has 234 valence electrons. The largest absolute Gasteiger partial charge is 0.490 e. The zero-order chi connectivity index (χ0) is 31.1. The van der Waals surface area contributed by atoms with Crippen LogP contribution in [-0.2, 0) is 16.6 Å². The number of nitrogens with zero attached hydrogens (tertiary/aromatic N) is 4. The molecule has 12 heteroatoms. The quantitative estimate of drug-likeness (QED) is 0.457. The van der Waals surface area contributed by atoms with Crippen LogP contribution < -0.4 is 5.32 Å². The van der Waals surface area contributed by atoms with Crippen molar-refractivity contribution in [1.29, 1.82) is 0 Å². The van der Waals surface area contributed by atoms with Crippen LogP contribution in [0.15, 0.2) is 30.3 Å². The third-order valence-electron chi connectivity index (χ3n) is 9.06. The third kappa shape index (κ3) is 7.39. The highest BCUT2D eigenvalue weighted by molar-refractivity contribution is 5.93. The molecule has 3 saturated carbocycles. The molecule has 43 heavy (non-hydrogen) atoms. The van der Waals surface area contributed by atoms with Crippen LogP contribution in [0.2, 0.25) is 0 Å². The van der Waals surface area contributed by atoms with E-state index in [2.05, 4.69) is 53.4 Å². The predicted molar refractivity (Wildman–Crippen MR) is 152 cm³/mol. The van der Waals surface area contributed by atoms with Crippen molar-refractivity contribution in [3.05, 3.63) is 52.8 Å². The molecule has 2 amide bonds. The van der Waals surface area contributed by atoms with Crippen molar-refractivity contribution in [2.45, 2.75) is 88.5 Å². The number of alkyl halides is 3. The number of aliphatic carboxylic acids is 1. The maximum absolute atomic E-state index is 13.6. The number of hydrogen-bond acceptors (Lipinski definition) is 5. The molecular formula is C31H40F3N5O4. The summed E-state index contributed by atoms with van der Waals surface area (Å²) in [6.07, 6.45) is 2.20. The highest BCUT2D eigenvalue weighted by Gasteiger charge is 2.42. The summed E-state index contributed by atoms with van der Waals surface area (Å²) >= 11 is 0. The number of aromatic nitrogens is 2. The first-order valence-corrected chi connectivity index (χ1v) is 15.1. The minimum absolute atomic E-state index is 0.00182. The van der Waals surface area contributed by atoms with Gasteiger partial charge in [0.25, 0.3) is 5.91 Å². The fourth-order valence-corrected chi connectivity index (χ4v) is 5.87. The first-order chi connectivity index (χ1) is 20.3. The van der Waals surface area contributed by atoms with Gasteiger partial charge in [0.15, 0.2) is 5.69 Å². The molecule has 6 rings (SSSR count). The van der Waals surface area contributed by atoms with Gasteiger partial charge in [0.1, 0.15) is 6.04 Å².